The van der Waals surface area contributed by atoms with Gasteiger partial charge in [0.05, 0.1) is 22.4 Å². The Morgan fingerprint density at radius 2 is 2.00 bits per heavy atom. The first-order valence-electron chi connectivity index (χ1n) is 6.02. The molecule has 0 aliphatic rings. The molecule has 102 valence electrons. The van der Waals surface area contributed by atoms with E-state index in [0.29, 0.717) is 6.54 Å². The van der Waals surface area contributed by atoms with Gasteiger partial charge in [0, 0.05) is 22.8 Å². The highest BCUT2D eigenvalue weighted by Crippen LogP contribution is 2.22. The van der Waals surface area contributed by atoms with Gasteiger partial charge in [-0.15, -0.1) is 0 Å². The molecule has 2 aromatic rings. The van der Waals surface area contributed by atoms with Gasteiger partial charge in [-0.3, -0.25) is 9.48 Å². The molecule has 0 aromatic carbocycles. The number of halogens is 2. The molecular weight excluding hydrogens is 374 g/mol. The lowest BCUT2D eigenvalue weighted by molar-refractivity contribution is 0.589. The lowest BCUT2D eigenvalue weighted by Gasteiger charge is -2.10. The van der Waals surface area contributed by atoms with Gasteiger partial charge in [0.1, 0.15) is 0 Å². The molecule has 19 heavy (non-hydrogen) atoms. The zero-order chi connectivity index (χ0) is 14.2. The van der Waals surface area contributed by atoms with Crippen molar-refractivity contribution in [2.75, 3.05) is 0 Å². The summed E-state index contributed by atoms with van der Waals surface area (Å²) < 4.78 is 5.49. The van der Waals surface area contributed by atoms with Crippen LogP contribution >= 0.6 is 31.9 Å². The largest absolute Gasteiger partial charge is 0.308 e. The number of hydrogen-bond donors (Lipinski definition) is 0. The van der Waals surface area contributed by atoms with Gasteiger partial charge in [-0.25, -0.2) is 0 Å². The van der Waals surface area contributed by atoms with Crippen molar-refractivity contribution in [2.45, 2.75) is 33.9 Å². The Kier molecular flexibility index (Phi) is 4.30. The second-order valence-corrected chi connectivity index (χ2v) is 6.14. The molecule has 0 fully saturated rings. The van der Waals surface area contributed by atoms with Crippen molar-refractivity contribution < 1.29 is 0 Å². The Balaban J connectivity index is 2.50. The van der Waals surface area contributed by atoms with Crippen LogP contribution in [0, 0.1) is 13.8 Å². The Hall–Kier alpha value is -0.880. The molecular formula is C13H15Br2N3O. The van der Waals surface area contributed by atoms with E-state index in [2.05, 4.69) is 37.0 Å². The molecule has 0 aliphatic heterocycles. The number of aryl methyl sites for hydroxylation is 3. The van der Waals surface area contributed by atoms with Gasteiger partial charge in [0.15, 0.2) is 0 Å². The first kappa shape index (κ1) is 14.5. The number of hydrogen-bond acceptors (Lipinski definition) is 2. The molecule has 0 bridgehead atoms. The van der Waals surface area contributed by atoms with Crippen LogP contribution in [0.25, 0.3) is 0 Å². The van der Waals surface area contributed by atoms with Crippen molar-refractivity contribution in [1.29, 1.82) is 0 Å². The predicted molar refractivity (Wildman–Crippen MR) is 82.6 cm³/mol. The Bertz CT molecular complexity index is 673. The minimum absolute atomic E-state index is 0.0246. The minimum atomic E-state index is 0.0246. The molecule has 0 unspecified atom stereocenters. The first-order valence-corrected chi connectivity index (χ1v) is 7.61. The normalized spacial score (nSPS) is 11.0. The van der Waals surface area contributed by atoms with Crippen molar-refractivity contribution in [1.82, 2.24) is 14.3 Å². The maximum absolute atomic E-state index is 12.1. The highest BCUT2D eigenvalue weighted by molar-refractivity contribution is 9.10. The highest BCUT2D eigenvalue weighted by Gasteiger charge is 2.13. The zero-order valence-corrected chi connectivity index (χ0v) is 14.2. The molecule has 0 saturated heterocycles. The smallest absolute Gasteiger partial charge is 0.253 e. The van der Waals surface area contributed by atoms with Gasteiger partial charge in [0.2, 0.25) is 0 Å². The standard InChI is InChI=1S/C13H15Br2N3O/c1-4-18-11(12(15)9(3)16-18)7-17-6-10(14)5-8(2)13(17)19/h5-6H,4,7H2,1-3H3. The minimum Gasteiger partial charge on any atom is -0.308 e. The molecule has 0 spiro atoms. The van der Waals surface area contributed by atoms with Gasteiger partial charge >= 0.3 is 0 Å². The molecule has 2 rings (SSSR count). The summed E-state index contributed by atoms with van der Waals surface area (Å²) in [6.07, 6.45) is 1.81. The monoisotopic (exact) mass is 387 g/mol. The molecule has 4 nitrogen and oxygen atoms in total. The second-order valence-electron chi connectivity index (χ2n) is 4.44. The molecule has 0 saturated carbocycles. The van der Waals surface area contributed by atoms with Gasteiger partial charge in [-0.05, 0) is 58.7 Å². The number of aromatic nitrogens is 3. The molecule has 0 radical (unpaired) electrons. The number of nitrogens with zero attached hydrogens (tertiary/aromatic N) is 3. The summed E-state index contributed by atoms with van der Waals surface area (Å²) in [5, 5.41) is 4.44. The maximum atomic E-state index is 12.1. The topological polar surface area (TPSA) is 39.8 Å². The van der Waals surface area contributed by atoms with Crippen LogP contribution in [0.15, 0.2) is 26.0 Å². The molecule has 0 N–H and O–H groups in total. The molecule has 0 atom stereocenters. The van der Waals surface area contributed by atoms with E-state index in [1.807, 2.05) is 37.7 Å². The molecule has 6 heteroatoms. The maximum Gasteiger partial charge on any atom is 0.253 e. The third kappa shape index (κ3) is 2.84. The molecule has 0 amide bonds. The average Bonchev–Trinajstić information content (AvgIpc) is 2.63. The third-order valence-electron chi connectivity index (χ3n) is 3.00. The van der Waals surface area contributed by atoms with E-state index < -0.39 is 0 Å². The summed E-state index contributed by atoms with van der Waals surface area (Å²) in [5.41, 5.74) is 2.71. The van der Waals surface area contributed by atoms with Crippen LogP contribution in [0.1, 0.15) is 23.9 Å². The Morgan fingerprint density at radius 3 is 2.63 bits per heavy atom. The molecule has 2 heterocycles. The number of pyridine rings is 1. The Morgan fingerprint density at radius 1 is 1.32 bits per heavy atom. The quantitative estimate of drug-likeness (QED) is 0.809. The van der Waals surface area contributed by atoms with Crippen molar-refractivity contribution in [3.05, 3.63) is 48.5 Å². The summed E-state index contributed by atoms with van der Waals surface area (Å²) in [6, 6.07) is 1.83. The fourth-order valence-corrected chi connectivity index (χ4v) is 3.04. The van der Waals surface area contributed by atoms with Crippen LogP contribution in [0.4, 0.5) is 0 Å². The summed E-state index contributed by atoms with van der Waals surface area (Å²) in [4.78, 5) is 12.1. The highest BCUT2D eigenvalue weighted by atomic mass is 79.9. The summed E-state index contributed by atoms with van der Waals surface area (Å²) >= 11 is 6.98. The van der Waals surface area contributed by atoms with Crippen molar-refractivity contribution in [3.8, 4) is 0 Å². The van der Waals surface area contributed by atoms with E-state index in [-0.39, 0.29) is 5.56 Å². The fourth-order valence-electron chi connectivity index (χ4n) is 2.04. The second kappa shape index (κ2) is 5.63. The van der Waals surface area contributed by atoms with Gasteiger partial charge in [0.25, 0.3) is 5.56 Å². The summed E-state index contributed by atoms with van der Waals surface area (Å²) in [7, 11) is 0. The van der Waals surface area contributed by atoms with Crippen LogP contribution in [-0.2, 0) is 13.1 Å². The predicted octanol–water partition coefficient (Wildman–Crippen LogP) is 3.25. The lowest BCUT2D eigenvalue weighted by Crippen LogP contribution is -2.23. The van der Waals surface area contributed by atoms with E-state index in [1.165, 1.54) is 0 Å². The van der Waals surface area contributed by atoms with E-state index in [0.717, 1.165) is 32.4 Å². The van der Waals surface area contributed by atoms with Crippen molar-refractivity contribution >= 4 is 31.9 Å². The SMILES string of the molecule is CCn1nc(C)c(Br)c1Cn1cc(Br)cc(C)c1=O. The van der Waals surface area contributed by atoms with Gasteiger partial charge in [-0.2, -0.15) is 5.10 Å². The van der Waals surface area contributed by atoms with Gasteiger partial charge in [-0.1, -0.05) is 0 Å². The van der Waals surface area contributed by atoms with Crippen LogP contribution in [-0.4, -0.2) is 14.3 Å². The first-order chi connectivity index (χ1) is 8.93. The van der Waals surface area contributed by atoms with Crippen LogP contribution in [0.5, 0.6) is 0 Å². The van der Waals surface area contributed by atoms with Gasteiger partial charge < -0.3 is 4.57 Å². The molecule has 2 aromatic heterocycles. The van der Waals surface area contributed by atoms with Crippen molar-refractivity contribution in [2.24, 2.45) is 0 Å². The van der Waals surface area contributed by atoms with Crippen LogP contribution < -0.4 is 5.56 Å². The van der Waals surface area contributed by atoms with Crippen LogP contribution in [0.2, 0.25) is 0 Å². The van der Waals surface area contributed by atoms with E-state index in [9.17, 15) is 4.79 Å². The van der Waals surface area contributed by atoms with Crippen LogP contribution in [0.3, 0.4) is 0 Å². The third-order valence-corrected chi connectivity index (χ3v) is 4.47. The lowest BCUT2D eigenvalue weighted by atomic mass is 10.3. The summed E-state index contributed by atoms with van der Waals surface area (Å²) in [5.74, 6) is 0. The Labute approximate surface area is 128 Å². The molecule has 0 aliphatic carbocycles. The number of rotatable bonds is 3. The average molecular weight is 389 g/mol. The van der Waals surface area contributed by atoms with E-state index >= 15 is 0 Å². The summed E-state index contributed by atoms with van der Waals surface area (Å²) in [6.45, 7) is 7.10. The van der Waals surface area contributed by atoms with E-state index in [4.69, 9.17) is 0 Å². The van der Waals surface area contributed by atoms with Crippen molar-refractivity contribution in [3.63, 3.8) is 0 Å². The van der Waals surface area contributed by atoms with E-state index in [1.54, 1.807) is 4.57 Å². The zero-order valence-electron chi connectivity index (χ0n) is 11.1. The fraction of sp³-hybridized carbons (Fsp3) is 0.385.